The van der Waals surface area contributed by atoms with Gasteiger partial charge in [0.05, 0.1) is 26.1 Å². The summed E-state index contributed by atoms with van der Waals surface area (Å²) in [5, 5.41) is 0. The first-order chi connectivity index (χ1) is 6.70. The van der Waals surface area contributed by atoms with Crippen LogP contribution < -0.4 is 0 Å². The minimum absolute atomic E-state index is 0.187. The van der Waals surface area contributed by atoms with E-state index in [0.717, 1.165) is 0 Å². The van der Waals surface area contributed by atoms with Gasteiger partial charge in [-0.3, -0.25) is 9.59 Å². The predicted molar refractivity (Wildman–Crippen MR) is 47.1 cm³/mol. The van der Waals surface area contributed by atoms with E-state index >= 15 is 0 Å². The Balaban J connectivity index is 2.13. The average molecular weight is 196 g/mol. The maximum absolute atomic E-state index is 11.4. The number of hydrogen-bond donors (Lipinski definition) is 0. The molecule has 1 fully saturated rings. The van der Waals surface area contributed by atoms with Gasteiger partial charge in [-0.05, 0) is 11.8 Å². The van der Waals surface area contributed by atoms with Gasteiger partial charge < -0.3 is 9.47 Å². The molecule has 4 heteroatoms. The maximum atomic E-state index is 11.4. The molecule has 14 heavy (non-hydrogen) atoms. The monoisotopic (exact) mass is 196 g/mol. The van der Waals surface area contributed by atoms with Crippen LogP contribution in [-0.2, 0) is 19.1 Å². The summed E-state index contributed by atoms with van der Waals surface area (Å²) in [4.78, 5) is 22.7. The topological polar surface area (TPSA) is 52.6 Å². The first kappa shape index (κ1) is 9.24. The standard InChI is InChI=1S/C10H12O4/c1-13-9(11)7-5-3-4-6(5)8(7)10(12)14-2/h3-8H,1-2H3/t5-,6+,7-,8-/m0/s1. The molecular formula is C10H12O4. The third-order valence-corrected chi connectivity index (χ3v) is 3.16. The zero-order valence-electron chi connectivity index (χ0n) is 8.10. The molecule has 0 saturated heterocycles. The summed E-state index contributed by atoms with van der Waals surface area (Å²) in [5.41, 5.74) is 0. The van der Waals surface area contributed by atoms with Gasteiger partial charge in [0.2, 0.25) is 0 Å². The minimum Gasteiger partial charge on any atom is -0.469 e. The number of methoxy groups -OCH3 is 2. The molecule has 1 saturated carbocycles. The Morgan fingerprint density at radius 3 is 1.50 bits per heavy atom. The van der Waals surface area contributed by atoms with E-state index < -0.39 is 0 Å². The van der Waals surface area contributed by atoms with Crippen LogP contribution in [0.4, 0.5) is 0 Å². The van der Waals surface area contributed by atoms with Crippen molar-refractivity contribution in [3.63, 3.8) is 0 Å². The Bertz CT molecular complexity index is 277. The zero-order chi connectivity index (χ0) is 10.3. The lowest BCUT2D eigenvalue weighted by molar-refractivity contribution is -0.174. The van der Waals surface area contributed by atoms with Gasteiger partial charge >= 0.3 is 11.9 Å². The van der Waals surface area contributed by atoms with E-state index in [0.29, 0.717) is 0 Å². The normalized spacial score (nSPS) is 37.6. The molecular weight excluding hydrogens is 184 g/mol. The Morgan fingerprint density at radius 1 is 0.929 bits per heavy atom. The maximum Gasteiger partial charge on any atom is 0.310 e. The smallest absolute Gasteiger partial charge is 0.310 e. The molecule has 0 spiro atoms. The Labute approximate surface area is 81.9 Å². The van der Waals surface area contributed by atoms with Crippen LogP contribution in [0.1, 0.15) is 0 Å². The van der Waals surface area contributed by atoms with E-state index in [-0.39, 0.29) is 35.6 Å². The molecule has 0 aromatic rings. The molecule has 0 bridgehead atoms. The quantitative estimate of drug-likeness (QED) is 0.473. The lowest BCUT2D eigenvalue weighted by Gasteiger charge is -2.51. The highest BCUT2D eigenvalue weighted by Crippen LogP contribution is 2.54. The van der Waals surface area contributed by atoms with Gasteiger partial charge in [-0.15, -0.1) is 0 Å². The Morgan fingerprint density at radius 2 is 1.29 bits per heavy atom. The molecule has 0 amide bonds. The molecule has 0 aromatic carbocycles. The third-order valence-electron chi connectivity index (χ3n) is 3.16. The van der Waals surface area contributed by atoms with Crippen LogP contribution in [0.3, 0.4) is 0 Å². The summed E-state index contributed by atoms with van der Waals surface area (Å²) in [6.45, 7) is 0. The molecule has 76 valence electrons. The number of carbonyl (C=O) groups is 2. The van der Waals surface area contributed by atoms with Crippen molar-refractivity contribution in [2.75, 3.05) is 14.2 Å². The fourth-order valence-corrected chi connectivity index (χ4v) is 2.30. The van der Waals surface area contributed by atoms with E-state index in [1.54, 1.807) is 0 Å². The van der Waals surface area contributed by atoms with Gasteiger partial charge in [0, 0.05) is 0 Å². The van der Waals surface area contributed by atoms with Crippen LogP contribution in [0.15, 0.2) is 12.2 Å². The second-order valence-corrected chi connectivity index (χ2v) is 3.64. The number of ether oxygens (including phenoxy) is 2. The van der Waals surface area contributed by atoms with Gasteiger partial charge in [-0.2, -0.15) is 0 Å². The Hall–Kier alpha value is -1.32. The van der Waals surface area contributed by atoms with Gasteiger partial charge in [-0.1, -0.05) is 12.2 Å². The highest BCUT2D eigenvalue weighted by atomic mass is 16.5. The van der Waals surface area contributed by atoms with E-state index in [1.165, 1.54) is 14.2 Å². The molecule has 0 aromatic heterocycles. The summed E-state index contributed by atoms with van der Waals surface area (Å²) in [6.07, 6.45) is 3.90. The van der Waals surface area contributed by atoms with Gasteiger partial charge in [-0.25, -0.2) is 0 Å². The molecule has 0 heterocycles. The van der Waals surface area contributed by atoms with Crippen LogP contribution in [-0.4, -0.2) is 26.2 Å². The number of esters is 2. The lowest BCUT2D eigenvalue weighted by atomic mass is 9.51. The third kappa shape index (κ3) is 0.997. The molecule has 0 radical (unpaired) electrons. The highest BCUT2D eigenvalue weighted by Gasteiger charge is 2.59. The molecule has 0 aliphatic heterocycles. The minimum atomic E-state index is -0.331. The van der Waals surface area contributed by atoms with Crippen molar-refractivity contribution in [3.8, 4) is 0 Å². The first-order valence-corrected chi connectivity index (χ1v) is 4.54. The van der Waals surface area contributed by atoms with Crippen LogP contribution in [0.25, 0.3) is 0 Å². The predicted octanol–water partition coefficient (Wildman–Crippen LogP) is 0.381. The molecule has 4 nitrogen and oxygen atoms in total. The van der Waals surface area contributed by atoms with Gasteiger partial charge in [0.1, 0.15) is 0 Å². The first-order valence-electron chi connectivity index (χ1n) is 4.54. The van der Waals surface area contributed by atoms with Crippen molar-refractivity contribution in [2.24, 2.45) is 23.7 Å². The van der Waals surface area contributed by atoms with Crippen molar-refractivity contribution >= 4 is 11.9 Å². The van der Waals surface area contributed by atoms with Crippen LogP contribution in [0.2, 0.25) is 0 Å². The van der Waals surface area contributed by atoms with Gasteiger partial charge in [0.25, 0.3) is 0 Å². The van der Waals surface area contributed by atoms with Crippen LogP contribution >= 0.6 is 0 Å². The molecule has 2 rings (SSSR count). The van der Waals surface area contributed by atoms with Crippen molar-refractivity contribution in [1.29, 1.82) is 0 Å². The second-order valence-electron chi connectivity index (χ2n) is 3.64. The molecule has 4 atom stereocenters. The fourth-order valence-electron chi connectivity index (χ4n) is 2.30. The lowest BCUT2D eigenvalue weighted by Crippen LogP contribution is -2.56. The van der Waals surface area contributed by atoms with Crippen LogP contribution in [0.5, 0.6) is 0 Å². The zero-order valence-corrected chi connectivity index (χ0v) is 8.10. The second kappa shape index (κ2) is 3.12. The van der Waals surface area contributed by atoms with Crippen molar-refractivity contribution < 1.29 is 19.1 Å². The number of fused-ring (bicyclic) bond motifs is 1. The average Bonchev–Trinajstić information content (AvgIpc) is 2.18. The molecule has 2 aliphatic carbocycles. The Kier molecular flexibility index (Phi) is 2.06. The number of allylic oxidation sites excluding steroid dienone is 2. The van der Waals surface area contributed by atoms with E-state index in [9.17, 15) is 9.59 Å². The number of carbonyl (C=O) groups excluding carboxylic acids is 2. The van der Waals surface area contributed by atoms with E-state index in [1.807, 2.05) is 12.2 Å². The number of rotatable bonds is 2. The number of hydrogen-bond acceptors (Lipinski definition) is 4. The van der Waals surface area contributed by atoms with Crippen molar-refractivity contribution in [3.05, 3.63) is 12.2 Å². The summed E-state index contributed by atoms with van der Waals surface area (Å²) >= 11 is 0. The molecule has 0 N–H and O–H groups in total. The van der Waals surface area contributed by atoms with E-state index in [2.05, 4.69) is 9.47 Å². The fraction of sp³-hybridized carbons (Fsp3) is 0.600. The highest BCUT2D eigenvalue weighted by molar-refractivity contribution is 5.86. The summed E-state index contributed by atoms with van der Waals surface area (Å²) in [5.74, 6) is -0.917. The van der Waals surface area contributed by atoms with Crippen molar-refractivity contribution in [1.82, 2.24) is 0 Å². The summed E-state index contributed by atoms with van der Waals surface area (Å²) in [7, 11) is 2.68. The SMILES string of the molecule is COC(=O)[C@H]1[C@@H]2C=C[C@@H]2[C@@H]1C(=O)OC. The van der Waals surface area contributed by atoms with Crippen LogP contribution in [0, 0.1) is 23.7 Å². The van der Waals surface area contributed by atoms with Gasteiger partial charge in [0.15, 0.2) is 0 Å². The van der Waals surface area contributed by atoms with Crippen molar-refractivity contribution in [2.45, 2.75) is 0 Å². The largest absolute Gasteiger partial charge is 0.469 e. The van der Waals surface area contributed by atoms with E-state index in [4.69, 9.17) is 0 Å². The summed E-state index contributed by atoms with van der Waals surface area (Å²) in [6, 6.07) is 0. The molecule has 0 unspecified atom stereocenters. The summed E-state index contributed by atoms with van der Waals surface area (Å²) < 4.78 is 9.30. The molecule has 2 aliphatic rings.